The van der Waals surface area contributed by atoms with E-state index < -0.39 is 21.6 Å². The van der Waals surface area contributed by atoms with Gasteiger partial charge in [0.2, 0.25) is 15.9 Å². The van der Waals surface area contributed by atoms with E-state index in [0.717, 1.165) is 17.6 Å². The summed E-state index contributed by atoms with van der Waals surface area (Å²) in [6.07, 6.45) is 2.52. The van der Waals surface area contributed by atoms with Crippen LogP contribution in [0.2, 0.25) is 0 Å². The smallest absolute Gasteiger partial charge is 0.275 e. The van der Waals surface area contributed by atoms with E-state index in [1.54, 1.807) is 49.4 Å². The minimum atomic E-state index is -3.81. The monoisotopic (exact) mass is 467 g/mol. The van der Waals surface area contributed by atoms with Crippen molar-refractivity contribution in [3.8, 4) is 0 Å². The van der Waals surface area contributed by atoms with Crippen LogP contribution in [0.1, 0.15) is 24.1 Å². The van der Waals surface area contributed by atoms with Gasteiger partial charge in [-0.2, -0.15) is 0 Å². The molecule has 1 heterocycles. The number of carbonyl (C=O) groups excluding carboxylic acids is 1. The summed E-state index contributed by atoms with van der Waals surface area (Å²) in [5, 5.41) is 12.6. The Balaban J connectivity index is 1.67. The molecule has 0 spiro atoms. The number of carbonyl (C=O) groups is 1. The Morgan fingerprint density at radius 1 is 1.03 bits per heavy atom. The molecule has 0 radical (unpaired) electrons. The Hall–Kier alpha value is -3.92. The third-order valence-electron chi connectivity index (χ3n) is 4.90. The molecule has 3 rings (SSSR count). The number of amides is 1. The molecule has 0 saturated heterocycles. The standard InChI is InChI=1S/C23H25N5O4S/c1-17(22(29)25-14-18-9-11-20(12-10-18)26-16-24)28-13-5-8-21(23(28)30)27-33(31,32)15-19-6-3-2-4-7-19/h2-13,16-17,27H,14-15H2,1H3,(H2,24,26)(H,25,29). The summed E-state index contributed by atoms with van der Waals surface area (Å²) in [4.78, 5) is 25.5. The highest BCUT2D eigenvalue weighted by molar-refractivity contribution is 7.91. The second kappa shape index (κ2) is 10.6. The number of nitrogens with zero attached hydrogens (tertiary/aromatic N) is 1. The molecule has 0 fully saturated rings. The van der Waals surface area contributed by atoms with Crippen molar-refractivity contribution in [3.05, 3.63) is 94.4 Å². The average Bonchev–Trinajstić information content (AvgIpc) is 2.80. The SMILES string of the molecule is CC(C(=O)NCc1ccc(NC=N)cc1)n1cccc(NS(=O)(=O)Cc2ccccc2)c1=O. The van der Waals surface area contributed by atoms with Crippen LogP contribution < -0.4 is 20.9 Å². The maximum Gasteiger partial charge on any atom is 0.275 e. The van der Waals surface area contributed by atoms with Crippen molar-refractivity contribution < 1.29 is 13.2 Å². The van der Waals surface area contributed by atoms with Gasteiger partial charge < -0.3 is 15.2 Å². The summed E-state index contributed by atoms with van der Waals surface area (Å²) in [5.74, 6) is -0.658. The molecule has 0 aliphatic heterocycles. The molecule has 10 heteroatoms. The quantitative estimate of drug-likeness (QED) is 0.269. The summed E-state index contributed by atoms with van der Waals surface area (Å²) in [5.41, 5.74) is 1.46. The number of rotatable bonds is 10. The van der Waals surface area contributed by atoms with Crippen molar-refractivity contribution in [2.24, 2.45) is 0 Å². The van der Waals surface area contributed by atoms with E-state index in [1.165, 1.54) is 22.9 Å². The average molecular weight is 468 g/mol. The molecule has 0 aliphatic carbocycles. The highest BCUT2D eigenvalue weighted by atomic mass is 32.2. The first-order valence-electron chi connectivity index (χ1n) is 10.2. The number of hydrogen-bond donors (Lipinski definition) is 4. The first-order chi connectivity index (χ1) is 15.8. The van der Waals surface area contributed by atoms with Crippen molar-refractivity contribution in [1.29, 1.82) is 5.41 Å². The first-order valence-corrected chi connectivity index (χ1v) is 11.8. The molecule has 1 aromatic heterocycles. The van der Waals surface area contributed by atoms with Crippen LogP contribution in [0.3, 0.4) is 0 Å². The zero-order chi connectivity index (χ0) is 23.8. The highest BCUT2D eigenvalue weighted by Crippen LogP contribution is 2.12. The van der Waals surface area contributed by atoms with E-state index in [4.69, 9.17) is 5.41 Å². The van der Waals surface area contributed by atoms with Crippen LogP contribution in [-0.4, -0.2) is 25.2 Å². The lowest BCUT2D eigenvalue weighted by molar-refractivity contribution is -0.124. The predicted octanol–water partition coefficient (Wildman–Crippen LogP) is 2.69. The number of pyridine rings is 1. The zero-order valence-corrected chi connectivity index (χ0v) is 18.8. The van der Waals surface area contributed by atoms with Gasteiger partial charge in [-0.25, -0.2) is 8.42 Å². The van der Waals surface area contributed by atoms with Gasteiger partial charge in [-0.15, -0.1) is 0 Å². The molecule has 2 aromatic carbocycles. The van der Waals surface area contributed by atoms with Gasteiger partial charge in [-0.05, 0) is 42.3 Å². The van der Waals surface area contributed by atoms with Crippen molar-refractivity contribution in [1.82, 2.24) is 9.88 Å². The van der Waals surface area contributed by atoms with E-state index in [2.05, 4.69) is 15.4 Å². The zero-order valence-electron chi connectivity index (χ0n) is 18.0. The van der Waals surface area contributed by atoms with Gasteiger partial charge in [0, 0.05) is 18.4 Å². The maximum atomic E-state index is 12.8. The molecule has 0 bridgehead atoms. The summed E-state index contributed by atoms with van der Waals surface area (Å²) >= 11 is 0. The molecule has 9 nitrogen and oxygen atoms in total. The Labute approximate surface area is 192 Å². The van der Waals surface area contributed by atoms with Crippen molar-refractivity contribution >= 4 is 33.6 Å². The van der Waals surface area contributed by atoms with Gasteiger partial charge >= 0.3 is 0 Å². The largest absolute Gasteiger partial charge is 0.350 e. The topological polar surface area (TPSA) is 133 Å². The number of sulfonamides is 1. The van der Waals surface area contributed by atoms with Crippen molar-refractivity contribution in [3.63, 3.8) is 0 Å². The number of anilines is 2. The molecular weight excluding hydrogens is 442 g/mol. The number of hydrogen-bond acceptors (Lipinski definition) is 5. The molecule has 1 unspecified atom stereocenters. The maximum absolute atomic E-state index is 12.8. The summed E-state index contributed by atoms with van der Waals surface area (Å²) < 4.78 is 28.5. The van der Waals surface area contributed by atoms with Gasteiger partial charge in [-0.1, -0.05) is 42.5 Å². The van der Waals surface area contributed by atoms with E-state index in [9.17, 15) is 18.0 Å². The van der Waals surface area contributed by atoms with Crippen molar-refractivity contribution in [2.75, 3.05) is 10.0 Å². The predicted molar refractivity (Wildman–Crippen MR) is 129 cm³/mol. The second-order valence-electron chi connectivity index (χ2n) is 7.36. The minimum absolute atomic E-state index is 0.123. The van der Waals surface area contributed by atoms with Crippen molar-refractivity contribution in [2.45, 2.75) is 25.3 Å². The Morgan fingerprint density at radius 3 is 2.39 bits per heavy atom. The highest BCUT2D eigenvalue weighted by Gasteiger charge is 2.19. The molecule has 1 atom stereocenters. The molecular formula is C23H25N5O4S. The second-order valence-corrected chi connectivity index (χ2v) is 9.08. The Kier molecular flexibility index (Phi) is 7.62. The van der Waals surface area contributed by atoms with Crippen LogP contribution in [0.4, 0.5) is 11.4 Å². The number of benzene rings is 2. The van der Waals surface area contributed by atoms with E-state index in [1.807, 2.05) is 12.1 Å². The fourth-order valence-electron chi connectivity index (χ4n) is 3.16. The first kappa shape index (κ1) is 23.7. The van der Waals surface area contributed by atoms with Gasteiger partial charge in [0.25, 0.3) is 5.56 Å². The van der Waals surface area contributed by atoms with Gasteiger partial charge in [0.1, 0.15) is 11.7 Å². The third kappa shape index (κ3) is 6.53. The molecule has 172 valence electrons. The molecule has 0 aliphatic rings. The van der Waals surface area contributed by atoms with Crippen LogP contribution in [0.25, 0.3) is 0 Å². The van der Waals surface area contributed by atoms with Gasteiger partial charge in [0.05, 0.1) is 12.1 Å². The van der Waals surface area contributed by atoms with Crippen LogP contribution in [0.15, 0.2) is 77.7 Å². The van der Waals surface area contributed by atoms with Crippen LogP contribution in [0, 0.1) is 5.41 Å². The lowest BCUT2D eigenvalue weighted by atomic mass is 10.2. The van der Waals surface area contributed by atoms with Crippen LogP contribution >= 0.6 is 0 Å². The van der Waals surface area contributed by atoms with E-state index >= 15 is 0 Å². The number of aromatic nitrogens is 1. The lowest BCUT2D eigenvalue weighted by Gasteiger charge is -2.17. The minimum Gasteiger partial charge on any atom is -0.350 e. The van der Waals surface area contributed by atoms with E-state index in [0.29, 0.717) is 5.56 Å². The van der Waals surface area contributed by atoms with Gasteiger partial charge in [0.15, 0.2) is 0 Å². The normalized spacial score (nSPS) is 11.9. The molecule has 0 saturated carbocycles. The third-order valence-corrected chi connectivity index (χ3v) is 6.14. The van der Waals surface area contributed by atoms with Crippen LogP contribution in [0.5, 0.6) is 0 Å². The van der Waals surface area contributed by atoms with Crippen LogP contribution in [-0.2, 0) is 27.1 Å². The van der Waals surface area contributed by atoms with E-state index in [-0.39, 0.29) is 23.9 Å². The summed E-state index contributed by atoms with van der Waals surface area (Å²) in [6, 6.07) is 17.9. The Morgan fingerprint density at radius 2 is 1.73 bits per heavy atom. The lowest BCUT2D eigenvalue weighted by Crippen LogP contribution is -2.36. The summed E-state index contributed by atoms with van der Waals surface area (Å²) in [6.45, 7) is 1.82. The Bertz CT molecular complexity index is 1270. The molecule has 3 aromatic rings. The molecule has 4 N–H and O–H groups in total. The van der Waals surface area contributed by atoms with Gasteiger partial charge in [-0.3, -0.25) is 19.7 Å². The summed E-state index contributed by atoms with van der Waals surface area (Å²) in [7, 11) is -3.81. The fraction of sp³-hybridized carbons (Fsp3) is 0.174. The molecule has 1 amide bonds. The molecule has 33 heavy (non-hydrogen) atoms. The number of nitrogens with one attached hydrogen (secondary N) is 4. The fourth-order valence-corrected chi connectivity index (χ4v) is 4.35.